The van der Waals surface area contributed by atoms with Crippen LogP contribution in [0.2, 0.25) is 0 Å². The summed E-state index contributed by atoms with van der Waals surface area (Å²) in [6.07, 6.45) is 5.62. The highest BCUT2D eigenvalue weighted by Gasteiger charge is 2.15. The molecular formula is C24H23N7O2. The van der Waals surface area contributed by atoms with E-state index >= 15 is 0 Å². The van der Waals surface area contributed by atoms with Crippen molar-refractivity contribution in [2.24, 2.45) is 7.05 Å². The summed E-state index contributed by atoms with van der Waals surface area (Å²) >= 11 is 0. The molecule has 33 heavy (non-hydrogen) atoms. The maximum Gasteiger partial charge on any atom is 0.269 e. The molecule has 0 spiro atoms. The number of carbonyl (C=O) groups excluding carboxylic acids is 1. The molecule has 0 saturated heterocycles. The number of rotatable bonds is 6. The number of hydrazine groups is 1. The highest BCUT2D eigenvalue weighted by molar-refractivity contribution is 5.92. The fraction of sp³-hybridized carbons (Fsp3) is 0.125. The van der Waals surface area contributed by atoms with E-state index in [-0.39, 0.29) is 5.91 Å². The fourth-order valence-corrected chi connectivity index (χ4v) is 3.66. The van der Waals surface area contributed by atoms with Crippen molar-refractivity contribution in [1.29, 1.82) is 0 Å². The molecule has 0 radical (unpaired) electrons. The van der Waals surface area contributed by atoms with Crippen LogP contribution in [-0.4, -0.2) is 34.0 Å². The van der Waals surface area contributed by atoms with E-state index in [0.29, 0.717) is 23.1 Å². The van der Waals surface area contributed by atoms with Crippen molar-refractivity contribution in [3.8, 4) is 11.5 Å². The number of amides is 1. The number of nitrogens with zero attached hydrogens (tertiary/aromatic N) is 4. The molecule has 0 bridgehead atoms. The van der Waals surface area contributed by atoms with Crippen LogP contribution in [0, 0.1) is 0 Å². The zero-order chi connectivity index (χ0) is 22.8. The van der Waals surface area contributed by atoms with Gasteiger partial charge in [0.05, 0.1) is 22.4 Å². The number of hydrogen-bond donors (Lipinski definition) is 3. The molecule has 0 fully saturated rings. The van der Waals surface area contributed by atoms with Gasteiger partial charge in [-0.2, -0.15) is 0 Å². The van der Waals surface area contributed by atoms with E-state index in [1.165, 1.54) is 0 Å². The average Bonchev–Trinajstić information content (AvgIpc) is 3.48. The molecule has 1 aliphatic rings. The smallest absolute Gasteiger partial charge is 0.269 e. The lowest BCUT2D eigenvalue weighted by Gasteiger charge is -2.20. The van der Waals surface area contributed by atoms with Crippen LogP contribution in [0.5, 0.6) is 11.5 Å². The molecular weight excluding hydrogens is 418 g/mol. The quantitative estimate of drug-likeness (QED) is 0.420. The highest BCUT2D eigenvalue weighted by Crippen LogP contribution is 2.31. The van der Waals surface area contributed by atoms with Gasteiger partial charge >= 0.3 is 0 Å². The summed E-state index contributed by atoms with van der Waals surface area (Å²) < 4.78 is 7.96. The van der Waals surface area contributed by atoms with Gasteiger partial charge in [0.1, 0.15) is 17.2 Å². The summed E-state index contributed by atoms with van der Waals surface area (Å²) in [5.74, 6) is 1.59. The van der Waals surface area contributed by atoms with E-state index in [1.54, 1.807) is 25.4 Å². The van der Waals surface area contributed by atoms with Crippen LogP contribution in [0.15, 0.2) is 73.1 Å². The van der Waals surface area contributed by atoms with Gasteiger partial charge in [0, 0.05) is 45.2 Å². The summed E-state index contributed by atoms with van der Waals surface area (Å²) in [7, 11) is 3.53. The van der Waals surface area contributed by atoms with E-state index in [1.807, 2.05) is 65.3 Å². The second kappa shape index (κ2) is 8.64. The summed E-state index contributed by atoms with van der Waals surface area (Å²) in [6.45, 7) is 0.797. The van der Waals surface area contributed by atoms with Crippen LogP contribution >= 0.6 is 0 Å². The number of fused-ring (bicyclic) bond motifs is 1. The van der Waals surface area contributed by atoms with Crippen LogP contribution in [0.3, 0.4) is 0 Å². The van der Waals surface area contributed by atoms with Gasteiger partial charge < -0.3 is 19.9 Å². The molecule has 1 amide bonds. The minimum Gasteiger partial charge on any atom is -0.457 e. The van der Waals surface area contributed by atoms with E-state index < -0.39 is 0 Å². The molecule has 166 valence electrons. The normalized spacial score (nSPS) is 12.8. The van der Waals surface area contributed by atoms with Crippen molar-refractivity contribution < 1.29 is 9.53 Å². The Hall–Kier alpha value is -4.37. The number of benzene rings is 2. The zero-order valence-electron chi connectivity index (χ0n) is 18.2. The molecule has 9 heteroatoms. The van der Waals surface area contributed by atoms with Gasteiger partial charge in [0.15, 0.2) is 0 Å². The van der Waals surface area contributed by atoms with Crippen LogP contribution < -0.4 is 25.8 Å². The Kier molecular flexibility index (Phi) is 5.37. The predicted octanol–water partition coefficient (Wildman–Crippen LogP) is 3.70. The Morgan fingerprint density at radius 3 is 2.79 bits per heavy atom. The Morgan fingerprint density at radius 1 is 1.12 bits per heavy atom. The molecule has 0 saturated carbocycles. The van der Waals surface area contributed by atoms with Crippen molar-refractivity contribution in [2.75, 3.05) is 23.9 Å². The number of aryl methyl sites for hydroxylation is 1. The standard InChI is InChI=1S/C24H23N7O2/c1-25-23(32)20-15-17(10-12-26-20)33-16-8-9-21-19(14-16)29-24(30(21)2)28-18-6-3-4-7-22(18)31-13-5-11-27-31/h3-10,12-15,27H,11H2,1-2H3,(H,25,32)(H,28,29). The van der Waals surface area contributed by atoms with Gasteiger partial charge in [-0.1, -0.05) is 18.2 Å². The molecule has 3 heterocycles. The first-order chi connectivity index (χ1) is 16.1. The lowest BCUT2D eigenvalue weighted by molar-refractivity contribution is 0.0958. The first-order valence-corrected chi connectivity index (χ1v) is 10.5. The number of carbonyl (C=O) groups is 1. The molecule has 2 aromatic carbocycles. The number of ether oxygens (including phenoxy) is 1. The van der Waals surface area contributed by atoms with Gasteiger partial charge in [-0.05, 0) is 30.3 Å². The van der Waals surface area contributed by atoms with Crippen molar-refractivity contribution in [3.63, 3.8) is 0 Å². The van der Waals surface area contributed by atoms with Crippen molar-refractivity contribution in [2.45, 2.75) is 0 Å². The maximum atomic E-state index is 11.8. The fourth-order valence-electron chi connectivity index (χ4n) is 3.66. The Bertz CT molecular complexity index is 1360. The lowest BCUT2D eigenvalue weighted by Crippen LogP contribution is -2.28. The summed E-state index contributed by atoms with van der Waals surface area (Å²) in [5, 5.41) is 7.99. The zero-order valence-corrected chi connectivity index (χ0v) is 18.2. The minimum atomic E-state index is -0.267. The number of para-hydroxylation sites is 2. The number of aromatic nitrogens is 3. The lowest BCUT2D eigenvalue weighted by atomic mass is 10.2. The van der Waals surface area contributed by atoms with E-state index in [4.69, 9.17) is 9.72 Å². The molecule has 5 rings (SSSR count). The molecule has 0 unspecified atom stereocenters. The average molecular weight is 441 g/mol. The topological polar surface area (TPSA) is 96.3 Å². The van der Waals surface area contributed by atoms with Crippen molar-refractivity contribution in [3.05, 3.63) is 78.8 Å². The summed E-state index contributed by atoms with van der Waals surface area (Å²) in [6, 6.07) is 17.1. The molecule has 3 N–H and O–H groups in total. The number of nitrogens with one attached hydrogen (secondary N) is 3. The SMILES string of the molecule is CNC(=O)c1cc(Oc2ccc3c(c2)nc(Nc2ccccc2N2C=CCN2)n3C)ccn1. The number of hydrogen-bond acceptors (Lipinski definition) is 7. The van der Waals surface area contributed by atoms with Crippen molar-refractivity contribution >= 4 is 34.3 Å². The largest absolute Gasteiger partial charge is 0.457 e. The first kappa shape index (κ1) is 20.5. The summed E-state index contributed by atoms with van der Waals surface area (Å²) in [5.41, 5.74) is 7.28. The highest BCUT2D eigenvalue weighted by atomic mass is 16.5. The van der Waals surface area contributed by atoms with Gasteiger partial charge in [-0.3, -0.25) is 14.8 Å². The van der Waals surface area contributed by atoms with E-state index in [2.05, 4.69) is 27.1 Å². The monoisotopic (exact) mass is 441 g/mol. The summed E-state index contributed by atoms with van der Waals surface area (Å²) in [4.78, 5) is 20.7. The molecule has 9 nitrogen and oxygen atoms in total. The second-order valence-corrected chi connectivity index (χ2v) is 7.46. The maximum absolute atomic E-state index is 11.8. The molecule has 2 aromatic heterocycles. The number of imidazole rings is 1. The number of pyridine rings is 1. The van der Waals surface area contributed by atoms with Gasteiger partial charge in [-0.15, -0.1) is 0 Å². The minimum absolute atomic E-state index is 0.267. The van der Waals surface area contributed by atoms with Gasteiger partial charge in [0.25, 0.3) is 5.91 Å². The predicted molar refractivity (Wildman–Crippen MR) is 128 cm³/mol. The Balaban J connectivity index is 1.42. The van der Waals surface area contributed by atoms with Crippen LogP contribution in [-0.2, 0) is 7.05 Å². The van der Waals surface area contributed by atoms with Crippen molar-refractivity contribution in [1.82, 2.24) is 25.3 Å². The third-order valence-corrected chi connectivity index (χ3v) is 5.32. The van der Waals surface area contributed by atoms with Gasteiger partial charge in [0.2, 0.25) is 5.95 Å². The van der Waals surface area contributed by atoms with Gasteiger partial charge in [-0.25, -0.2) is 10.4 Å². The molecule has 1 aliphatic heterocycles. The third-order valence-electron chi connectivity index (χ3n) is 5.32. The van der Waals surface area contributed by atoms with Crippen LogP contribution in [0.4, 0.5) is 17.3 Å². The van der Waals surface area contributed by atoms with E-state index in [9.17, 15) is 4.79 Å². The molecule has 0 aliphatic carbocycles. The van der Waals surface area contributed by atoms with E-state index in [0.717, 1.165) is 29.0 Å². The molecule has 0 atom stereocenters. The first-order valence-electron chi connectivity index (χ1n) is 10.5. The Morgan fingerprint density at radius 2 is 1.97 bits per heavy atom. The second-order valence-electron chi connectivity index (χ2n) is 7.46. The molecule has 4 aromatic rings. The van der Waals surface area contributed by atoms with Crippen LogP contribution in [0.1, 0.15) is 10.5 Å². The number of anilines is 3. The van der Waals surface area contributed by atoms with Crippen LogP contribution in [0.25, 0.3) is 11.0 Å². The third kappa shape index (κ3) is 4.09. The Labute approximate surface area is 190 Å².